The predicted octanol–water partition coefficient (Wildman–Crippen LogP) is 4.34. The van der Waals surface area contributed by atoms with Crippen molar-refractivity contribution in [3.8, 4) is 11.1 Å². The van der Waals surface area contributed by atoms with Gasteiger partial charge in [-0.1, -0.05) is 36.4 Å². The highest BCUT2D eigenvalue weighted by atomic mass is 16.1. The average molecular weight is 356 g/mol. The minimum absolute atomic E-state index is 0.0129. The SMILES string of the molecule is O=c1[nH]c2ccc(-c3cncc(NCc4ccccc4)c3)cc2n1C1CC1. The van der Waals surface area contributed by atoms with Crippen molar-refractivity contribution >= 4 is 16.7 Å². The molecule has 2 aromatic carbocycles. The van der Waals surface area contributed by atoms with Gasteiger partial charge >= 0.3 is 5.69 Å². The smallest absolute Gasteiger partial charge is 0.326 e. The Bertz CT molecular complexity index is 1160. The second-order valence-electron chi connectivity index (χ2n) is 7.06. The summed E-state index contributed by atoms with van der Waals surface area (Å²) in [5.74, 6) is 0. The summed E-state index contributed by atoms with van der Waals surface area (Å²) < 4.78 is 1.89. The number of H-pyrrole nitrogens is 1. The predicted molar refractivity (Wildman–Crippen MR) is 108 cm³/mol. The van der Waals surface area contributed by atoms with Crippen LogP contribution in [0.15, 0.2) is 71.8 Å². The molecule has 4 aromatic rings. The minimum Gasteiger partial charge on any atom is -0.380 e. The lowest BCUT2D eigenvalue weighted by Gasteiger charge is -2.09. The maximum absolute atomic E-state index is 12.2. The summed E-state index contributed by atoms with van der Waals surface area (Å²) >= 11 is 0. The largest absolute Gasteiger partial charge is 0.380 e. The van der Waals surface area contributed by atoms with Crippen molar-refractivity contribution < 1.29 is 0 Å². The zero-order valence-corrected chi connectivity index (χ0v) is 14.9. The molecule has 0 radical (unpaired) electrons. The molecule has 134 valence electrons. The fourth-order valence-electron chi connectivity index (χ4n) is 3.49. The molecule has 0 aliphatic heterocycles. The molecular formula is C22H20N4O. The average Bonchev–Trinajstić information content (AvgIpc) is 3.48. The van der Waals surface area contributed by atoms with Crippen molar-refractivity contribution in [2.24, 2.45) is 0 Å². The maximum Gasteiger partial charge on any atom is 0.326 e. The van der Waals surface area contributed by atoms with E-state index < -0.39 is 0 Å². The van der Waals surface area contributed by atoms with Crippen LogP contribution >= 0.6 is 0 Å². The van der Waals surface area contributed by atoms with Gasteiger partial charge in [0.15, 0.2) is 0 Å². The Kier molecular flexibility index (Phi) is 3.78. The summed E-state index contributed by atoms with van der Waals surface area (Å²) in [6.45, 7) is 0.754. The van der Waals surface area contributed by atoms with Crippen molar-refractivity contribution in [2.75, 3.05) is 5.32 Å². The molecule has 5 nitrogen and oxygen atoms in total. The van der Waals surface area contributed by atoms with E-state index in [2.05, 4.69) is 39.6 Å². The third-order valence-corrected chi connectivity index (χ3v) is 5.04. The molecule has 2 aromatic heterocycles. The van der Waals surface area contributed by atoms with Crippen molar-refractivity contribution in [1.29, 1.82) is 0 Å². The van der Waals surface area contributed by atoms with Crippen LogP contribution in [0, 0.1) is 0 Å². The Balaban J connectivity index is 1.46. The van der Waals surface area contributed by atoms with Gasteiger partial charge in [-0.25, -0.2) is 4.79 Å². The summed E-state index contributed by atoms with van der Waals surface area (Å²) in [5, 5.41) is 3.43. The number of benzene rings is 2. The first-order chi connectivity index (χ1) is 13.3. The summed E-state index contributed by atoms with van der Waals surface area (Å²) in [6.07, 6.45) is 5.86. The number of fused-ring (bicyclic) bond motifs is 1. The lowest BCUT2D eigenvalue weighted by Crippen LogP contribution is -2.14. The van der Waals surface area contributed by atoms with Crippen molar-refractivity contribution in [3.63, 3.8) is 0 Å². The third-order valence-electron chi connectivity index (χ3n) is 5.04. The number of nitrogens with zero attached hydrogens (tertiary/aromatic N) is 2. The van der Waals surface area contributed by atoms with Crippen LogP contribution in [0.25, 0.3) is 22.2 Å². The summed E-state index contributed by atoms with van der Waals surface area (Å²) in [5.41, 5.74) is 6.15. The summed E-state index contributed by atoms with van der Waals surface area (Å²) in [7, 11) is 0. The summed E-state index contributed by atoms with van der Waals surface area (Å²) in [4.78, 5) is 19.6. The first kappa shape index (κ1) is 15.9. The van der Waals surface area contributed by atoms with Gasteiger partial charge in [0.05, 0.1) is 16.7 Å². The van der Waals surface area contributed by atoms with Crippen LogP contribution < -0.4 is 11.0 Å². The molecule has 5 rings (SSSR count). The number of hydrogen-bond donors (Lipinski definition) is 2. The Morgan fingerprint density at radius 1 is 1.04 bits per heavy atom. The molecule has 0 atom stereocenters. The Morgan fingerprint density at radius 3 is 2.70 bits per heavy atom. The molecule has 0 saturated heterocycles. The quantitative estimate of drug-likeness (QED) is 0.559. The van der Waals surface area contributed by atoms with E-state index in [0.29, 0.717) is 6.04 Å². The number of hydrogen-bond acceptors (Lipinski definition) is 3. The second-order valence-corrected chi connectivity index (χ2v) is 7.06. The number of aromatic nitrogens is 3. The van der Waals surface area contributed by atoms with Crippen molar-refractivity contribution in [3.05, 3.63) is 83.0 Å². The Hall–Kier alpha value is -3.34. The maximum atomic E-state index is 12.2. The van der Waals surface area contributed by atoms with Gasteiger partial charge in [-0.2, -0.15) is 0 Å². The minimum atomic E-state index is -0.0129. The molecule has 0 unspecified atom stereocenters. The topological polar surface area (TPSA) is 62.7 Å². The van der Waals surface area contributed by atoms with Crippen LogP contribution in [0.2, 0.25) is 0 Å². The molecule has 0 bridgehead atoms. The number of imidazole rings is 1. The number of aromatic amines is 1. The molecule has 2 heterocycles. The first-order valence-electron chi connectivity index (χ1n) is 9.25. The van der Waals surface area contributed by atoms with E-state index in [1.807, 2.05) is 47.3 Å². The number of rotatable bonds is 5. The zero-order chi connectivity index (χ0) is 18.2. The van der Waals surface area contributed by atoms with Crippen molar-refractivity contribution in [2.45, 2.75) is 25.4 Å². The molecule has 5 heteroatoms. The van der Waals surface area contributed by atoms with E-state index in [0.717, 1.165) is 47.2 Å². The van der Waals surface area contributed by atoms with E-state index in [1.54, 1.807) is 0 Å². The third kappa shape index (κ3) is 3.12. The van der Waals surface area contributed by atoms with Gasteiger partial charge in [-0.05, 0) is 42.2 Å². The normalized spacial score (nSPS) is 13.8. The van der Waals surface area contributed by atoms with Crippen LogP contribution in [0.5, 0.6) is 0 Å². The summed E-state index contributed by atoms with van der Waals surface area (Å²) in [6, 6.07) is 18.8. The number of pyridine rings is 1. The van der Waals surface area contributed by atoms with Crippen LogP contribution in [-0.2, 0) is 6.54 Å². The first-order valence-corrected chi connectivity index (χ1v) is 9.25. The monoisotopic (exact) mass is 356 g/mol. The van der Waals surface area contributed by atoms with Gasteiger partial charge in [0.1, 0.15) is 0 Å². The van der Waals surface area contributed by atoms with Gasteiger partial charge in [0.25, 0.3) is 0 Å². The second kappa shape index (κ2) is 6.43. The molecular weight excluding hydrogens is 336 g/mol. The van der Waals surface area contributed by atoms with E-state index in [1.165, 1.54) is 5.56 Å². The van der Waals surface area contributed by atoms with Gasteiger partial charge in [-0.3, -0.25) is 9.55 Å². The lowest BCUT2D eigenvalue weighted by molar-refractivity contribution is 0.733. The van der Waals surface area contributed by atoms with Crippen LogP contribution in [-0.4, -0.2) is 14.5 Å². The van der Waals surface area contributed by atoms with Gasteiger partial charge < -0.3 is 10.3 Å². The fourth-order valence-corrected chi connectivity index (χ4v) is 3.49. The zero-order valence-electron chi connectivity index (χ0n) is 14.9. The van der Waals surface area contributed by atoms with E-state index in [4.69, 9.17) is 0 Å². The Labute approximate surface area is 156 Å². The van der Waals surface area contributed by atoms with Crippen LogP contribution in [0.1, 0.15) is 24.4 Å². The molecule has 1 fully saturated rings. The van der Waals surface area contributed by atoms with Gasteiger partial charge in [0, 0.05) is 30.5 Å². The number of anilines is 1. The molecule has 2 N–H and O–H groups in total. The highest BCUT2D eigenvalue weighted by molar-refractivity contribution is 5.82. The Morgan fingerprint density at radius 2 is 1.89 bits per heavy atom. The standard InChI is InChI=1S/C22H20N4O/c27-22-25-20-9-6-16(11-21(20)26(22)19-7-8-19)17-10-18(14-23-13-17)24-12-15-4-2-1-3-5-15/h1-6,9-11,13-14,19,24H,7-8,12H2,(H,25,27). The van der Waals surface area contributed by atoms with Crippen LogP contribution in [0.4, 0.5) is 5.69 Å². The molecule has 0 spiro atoms. The van der Waals surface area contributed by atoms with E-state index in [-0.39, 0.29) is 5.69 Å². The van der Waals surface area contributed by atoms with E-state index >= 15 is 0 Å². The molecule has 0 amide bonds. The molecule has 1 aliphatic carbocycles. The highest BCUT2D eigenvalue weighted by Crippen LogP contribution is 2.36. The van der Waals surface area contributed by atoms with Crippen LogP contribution in [0.3, 0.4) is 0 Å². The fraction of sp³-hybridized carbons (Fsp3) is 0.182. The molecule has 1 aliphatic rings. The van der Waals surface area contributed by atoms with E-state index in [9.17, 15) is 4.79 Å². The number of nitrogens with one attached hydrogen (secondary N) is 2. The van der Waals surface area contributed by atoms with Gasteiger partial charge in [0.2, 0.25) is 0 Å². The van der Waals surface area contributed by atoms with Crippen molar-refractivity contribution in [1.82, 2.24) is 14.5 Å². The van der Waals surface area contributed by atoms with Gasteiger partial charge in [-0.15, -0.1) is 0 Å². The lowest BCUT2D eigenvalue weighted by atomic mass is 10.1. The molecule has 27 heavy (non-hydrogen) atoms. The molecule has 1 saturated carbocycles. The highest BCUT2D eigenvalue weighted by Gasteiger charge is 2.27.